The second kappa shape index (κ2) is 6.16. The molecule has 1 atom stereocenters. The van der Waals surface area contributed by atoms with Crippen molar-refractivity contribution in [2.75, 3.05) is 0 Å². The molecular weight excluding hydrogens is 348 g/mol. The number of amides is 2. The fraction of sp³-hybridized carbons (Fsp3) is 0.182. The highest BCUT2D eigenvalue weighted by Crippen LogP contribution is 2.26. The molecule has 2 amide bonds. The lowest BCUT2D eigenvalue weighted by Crippen LogP contribution is -2.36. The standard InChI is InChI=1S/C11H8N4O8S/c12-14-13-5-1-2-6(7(16)3-5)11(19)23-15-9(17)4-8(10(15)18)24(20,21)22/h1-3,8,16H,4H2,(H,20,21,22). The maximum Gasteiger partial charge on any atom is 0.367 e. The lowest BCUT2D eigenvalue weighted by molar-refractivity contribution is -0.172. The molecular formula is C11H8N4O8S. The summed E-state index contributed by atoms with van der Waals surface area (Å²) in [6, 6.07) is 3.10. The van der Waals surface area contributed by atoms with E-state index in [4.69, 9.17) is 10.1 Å². The Hall–Kier alpha value is -3.15. The third-order valence-corrected chi connectivity index (χ3v) is 4.04. The number of nitrogens with zero attached hydrogens (tertiary/aromatic N) is 4. The largest absolute Gasteiger partial charge is 0.507 e. The molecule has 13 heteroatoms. The molecule has 1 aromatic carbocycles. The van der Waals surface area contributed by atoms with Gasteiger partial charge in [0.05, 0.1) is 6.42 Å². The smallest absolute Gasteiger partial charge is 0.367 e. The van der Waals surface area contributed by atoms with Crippen LogP contribution >= 0.6 is 0 Å². The number of carbonyl (C=O) groups excluding carboxylic acids is 3. The van der Waals surface area contributed by atoms with Crippen molar-refractivity contribution in [1.82, 2.24) is 5.06 Å². The van der Waals surface area contributed by atoms with Crippen molar-refractivity contribution in [3.05, 3.63) is 34.2 Å². The maximum absolute atomic E-state index is 11.9. The molecule has 0 aromatic heterocycles. The minimum atomic E-state index is -4.84. The number of phenols is 1. The highest BCUT2D eigenvalue weighted by molar-refractivity contribution is 7.87. The average Bonchev–Trinajstić information content (AvgIpc) is 2.75. The van der Waals surface area contributed by atoms with Gasteiger partial charge >= 0.3 is 5.97 Å². The van der Waals surface area contributed by atoms with Gasteiger partial charge in [0.15, 0.2) is 5.25 Å². The molecule has 0 saturated carbocycles. The summed E-state index contributed by atoms with van der Waals surface area (Å²) in [5, 5.41) is 10.7. The number of hydroxylamine groups is 2. The van der Waals surface area contributed by atoms with Gasteiger partial charge in [-0.2, -0.15) is 8.42 Å². The number of azide groups is 1. The minimum Gasteiger partial charge on any atom is -0.507 e. The Balaban J connectivity index is 2.22. The van der Waals surface area contributed by atoms with Crippen molar-refractivity contribution in [3.8, 4) is 5.75 Å². The Kier molecular flexibility index (Phi) is 4.41. The van der Waals surface area contributed by atoms with Gasteiger partial charge in [0, 0.05) is 10.6 Å². The molecule has 1 unspecified atom stereocenters. The van der Waals surface area contributed by atoms with Gasteiger partial charge < -0.3 is 9.94 Å². The van der Waals surface area contributed by atoms with E-state index in [2.05, 4.69) is 14.9 Å². The molecule has 2 N–H and O–H groups in total. The summed E-state index contributed by atoms with van der Waals surface area (Å²) >= 11 is 0. The fourth-order valence-electron chi connectivity index (χ4n) is 1.85. The summed E-state index contributed by atoms with van der Waals surface area (Å²) in [6.07, 6.45) is -0.882. The molecule has 1 saturated heterocycles. The molecule has 1 aromatic rings. The molecule has 1 aliphatic rings. The van der Waals surface area contributed by atoms with Gasteiger partial charge in [-0.25, -0.2) is 4.79 Å². The minimum absolute atomic E-state index is 0.00804. The second-order valence-electron chi connectivity index (χ2n) is 4.50. The summed E-state index contributed by atoms with van der Waals surface area (Å²) in [5.74, 6) is -4.57. The van der Waals surface area contributed by atoms with Crippen LogP contribution < -0.4 is 0 Å². The fourth-order valence-corrected chi connectivity index (χ4v) is 2.55. The molecule has 12 nitrogen and oxygen atoms in total. The summed E-state index contributed by atoms with van der Waals surface area (Å²) in [5.41, 5.74) is 7.78. The number of carbonyl (C=O) groups is 3. The first-order chi connectivity index (χ1) is 11.1. The van der Waals surface area contributed by atoms with Gasteiger partial charge in [-0.05, 0) is 17.7 Å². The molecule has 0 bridgehead atoms. The Morgan fingerprint density at radius 3 is 2.58 bits per heavy atom. The zero-order valence-corrected chi connectivity index (χ0v) is 12.4. The Labute approximate surface area is 133 Å². The Morgan fingerprint density at radius 2 is 2.08 bits per heavy atom. The van der Waals surface area contributed by atoms with Gasteiger partial charge in [0.25, 0.3) is 21.9 Å². The molecule has 0 spiro atoms. The van der Waals surface area contributed by atoms with Gasteiger partial charge in [-0.3, -0.25) is 14.1 Å². The molecule has 1 fully saturated rings. The zero-order valence-electron chi connectivity index (χ0n) is 11.6. The summed E-state index contributed by atoms with van der Waals surface area (Å²) in [4.78, 5) is 42.1. The zero-order chi connectivity index (χ0) is 18.1. The first-order valence-corrected chi connectivity index (χ1v) is 7.59. The second-order valence-corrected chi connectivity index (χ2v) is 6.10. The van der Waals surface area contributed by atoms with Crippen LogP contribution in [0.3, 0.4) is 0 Å². The molecule has 24 heavy (non-hydrogen) atoms. The van der Waals surface area contributed by atoms with Gasteiger partial charge in [-0.15, -0.1) is 5.06 Å². The van der Waals surface area contributed by atoms with Crippen LogP contribution in [0.4, 0.5) is 5.69 Å². The van der Waals surface area contributed by atoms with Gasteiger partial charge in [-0.1, -0.05) is 11.2 Å². The van der Waals surface area contributed by atoms with Crippen LogP contribution in [0.5, 0.6) is 5.75 Å². The lowest BCUT2D eigenvalue weighted by atomic mass is 10.2. The van der Waals surface area contributed by atoms with Crippen molar-refractivity contribution in [1.29, 1.82) is 0 Å². The summed E-state index contributed by atoms with van der Waals surface area (Å²) in [6.45, 7) is 0. The normalized spacial score (nSPS) is 17.5. The summed E-state index contributed by atoms with van der Waals surface area (Å²) < 4.78 is 30.8. The van der Waals surface area contributed by atoms with E-state index >= 15 is 0 Å². The molecule has 126 valence electrons. The topological polar surface area (TPSA) is 187 Å². The third-order valence-electron chi connectivity index (χ3n) is 2.96. The molecule has 0 radical (unpaired) electrons. The van der Waals surface area contributed by atoms with Crippen LogP contribution in [0.2, 0.25) is 0 Å². The average molecular weight is 356 g/mol. The van der Waals surface area contributed by atoms with Crippen molar-refractivity contribution in [2.45, 2.75) is 11.7 Å². The van der Waals surface area contributed by atoms with E-state index in [0.29, 0.717) is 0 Å². The van der Waals surface area contributed by atoms with E-state index in [0.717, 1.165) is 18.2 Å². The lowest BCUT2D eigenvalue weighted by Gasteiger charge is -2.13. The van der Waals surface area contributed by atoms with Gasteiger partial charge in [0.2, 0.25) is 0 Å². The van der Waals surface area contributed by atoms with E-state index in [-0.39, 0.29) is 10.8 Å². The van der Waals surface area contributed by atoms with Crippen molar-refractivity contribution in [3.63, 3.8) is 0 Å². The van der Waals surface area contributed by atoms with Crippen molar-refractivity contribution in [2.24, 2.45) is 5.11 Å². The van der Waals surface area contributed by atoms with E-state index in [9.17, 15) is 27.9 Å². The first-order valence-electron chi connectivity index (χ1n) is 6.08. The predicted octanol–water partition coefficient (Wildman–Crippen LogP) is 0.421. The Morgan fingerprint density at radius 1 is 1.42 bits per heavy atom. The first kappa shape index (κ1) is 17.2. The van der Waals surface area contributed by atoms with Crippen LogP contribution in [-0.4, -0.2) is 46.2 Å². The number of hydrogen-bond acceptors (Lipinski definition) is 8. The number of benzene rings is 1. The number of phenolic OH excluding ortho intramolecular Hbond substituents is 1. The SMILES string of the molecule is [N-]=[N+]=Nc1ccc(C(=O)ON2C(=O)CC(S(=O)(=O)O)C2=O)c(O)c1. The number of imide groups is 1. The van der Waals surface area contributed by atoms with E-state index in [1.54, 1.807) is 0 Å². The molecule has 1 heterocycles. The Bertz CT molecular complexity index is 889. The van der Waals surface area contributed by atoms with Crippen LogP contribution in [0.15, 0.2) is 23.3 Å². The van der Waals surface area contributed by atoms with Crippen molar-refractivity contribution < 1.29 is 37.3 Å². The van der Waals surface area contributed by atoms with E-state index in [1.165, 1.54) is 0 Å². The number of aromatic hydroxyl groups is 1. The van der Waals surface area contributed by atoms with Crippen LogP contribution in [0, 0.1) is 0 Å². The van der Waals surface area contributed by atoms with Gasteiger partial charge in [0.1, 0.15) is 11.3 Å². The molecule has 2 rings (SSSR count). The summed E-state index contributed by atoms with van der Waals surface area (Å²) in [7, 11) is -4.84. The molecule has 1 aliphatic heterocycles. The van der Waals surface area contributed by atoms with Crippen LogP contribution in [-0.2, 0) is 24.5 Å². The van der Waals surface area contributed by atoms with E-state index < -0.39 is 50.9 Å². The van der Waals surface area contributed by atoms with Crippen molar-refractivity contribution >= 4 is 33.6 Å². The highest BCUT2D eigenvalue weighted by Gasteiger charge is 2.48. The monoisotopic (exact) mass is 356 g/mol. The quantitative estimate of drug-likeness (QED) is 0.255. The molecule has 0 aliphatic carbocycles. The maximum atomic E-state index is 11.9. The number of hydrogen-bond donors (Lipinski definition) is 2. The van der Waals surface area contributed by atoms with E-state index in [1.807, 2.05) is 0 Å². The predicted molar refractivity (Wildman–Crippen MR) is 74.1 cm³/mol. The van der Waals surface area contributed by atoms with Crippen LogP contribution in [0.1, 0.15) is 16.8 Å². The number of rotatable bonds is 4. The highest BCUT2D eigenvalue weighted by atomic mass is 32.2. The third kappa shape index (κ3) is 3.27. The van der Waals surface area contributed by atoms with Crippen LogP contribution in [0.25, 0.3) is 10.4 Å².